The van der Waals surface area contributed by atoms with Crippen molar-refractivity contribution >= 4 is 52.1 Å². The minimum Gasteiger partial charge on any atom is -0.457 e. The summed E-state index contributed by atoms with van der Waals surface area (Å²) in [6, 6.07) is 8.02. The van der Waals surface area contributed by atoms with Gasteiger partial charge in [-0.15, -0.1) is 11.3 Å². The Morgan fingerprint density at radius 1 is 1.00 bits per heavy atom. The van der Waals surface area contributed by atoms with Gasteiger partial charge in [-0.25, -0.2) is 0 Å². The molecule has 7 heteroatoms. The fraction of sp³-hybridized carbons (Fsp3) is 0.235. The number of thiophene rings is 1. The summed E-state index contributed by atoms with van der Waals surface area (Å²) >= 11 is 13.0. The van der Waals surface area contributed by atoms with Crippen molar-refractivity contribution < 1.29 is 19.1 Å². The molecule has 0 bridgehead atoms. The lowest BCUT2D eigenvalue weighted by Gasteiger charge is -2.05. The summed E-state index contributed by atoms with van der Waals surface area (Å²) in [5.41, 5.74) is 0.308. The zero-order valence-corrected chi connectivity index (χ0v) is 15.1. The lowest BCUT2D eigenvalue weighted by Crippen LogP contribution is -2.15. The van der Waals surface area contributed by atoms with Crippen LogP contribution in [0.1, 0.15) is 37.7 Å². The average Bonchev–Trinajstić information content (AvgIpc) is 2.99. The van der Waals surface area contributed by atoms with Crippen molar-refractivity contribution in [3.63, 3.8) is 0 Å². The molecule has 0 saturated heterocycles. The first kappa shape index (κ1) is 18.6. The Kier molecular flexibility index (Phi) is 6.54. The number of ketones is 2. The van der Waals surface area contributed by atoms with E-state index in [1.54, 1.807) is 6.07 Å². The molecule has 0 aliphatic carbocycles. The van der Waals surface area contributed by atoms with Gasteiger partial charge in [-0.3, -0.25) is 14.4 Å². The molecule has 0 spiro atoms. The lowest BCUT2D eigenvalue weighted by atomic mass is 10.1. The minimum atomic E-state index is -0.593. The number of aryl methyl sites for hydroxylation is 1. The molecular formula is C17H14Cl2O4S. The standard InChI is InChI=1S/C17H14Cl2O4S/c1-10-2-6-16(24-10)14(20)5-7-17(22)23-9-15(21)11-3-4-12(18)13(19)8-11/h2-4,6,8H,5,7,9H2,1H3. The number of rotatable bonds is 7. The van der Waals surface area contributed by atoms with Gasteiger partial charge >= 0.3 is 5.97 Å². The second-order valence-corrected chi connectivity index (χ2v) is 7.15. The molecule has 2 rings (SSSR count). The van der Waals surface area contributed by atoms with Crippen LogP contribution in [-0.2, 0) is 9.53 Å². The Morgan fingerprint density at radius 2 is 1.75 bits per heavy atom. The fourth-order valence-electron chi connectivity index (χ4n) is 1.89. The Bertz CT molecular complexity index is 783. The molecule has 0 radical (unpaired) electrons. The quantitative estimate of drug-likeness (QED) is 0.510. The fourth-order valence-corrected chi connectivity index (χ4v) is 3.03. The molecule has 0 saturated carbocycles. The van der Waals surface area contributed by atoms with Crippen LogP contribution < -0.4 is 0 Å². The zero-order chi connectivity index (χ0) is 17.7. The van der Waals surface area contributed by atoms with Gasteiger partial charge in [0.2, 0.25) is 0 Å². The molecule has 0 fully saturated rings. The van der Waals surface area contributed by atoms with E-state index in [1.807, 2.05) is 13.0 Å². The molecule has 0 N–H and O–H groups in total. The van der Waals surface area contributed by atoms with Crippen molar-refractivity contribution in [2.24, 2.45) is 0 Å². The summed E-state index contributed by atoms with van der Waals surface area (Å²) in [4.78, 5) is 37.2. The van der Waals surface area contributed by atoms with Crippen molar-refractivity contribution in [1.29, 1.82) is 0 Å². The summed E-state index contributed by atoms with van der Waals surface area (Å²) in [7, 11) is 0. The molecule has 1 aromatic carbocycles. The number of carbonyl (C=O) groups is 3. The maximum atomic E-state index is 11.9. The molecule has 24 heavy (non-hydrogen) atoms. The number of hydrogen-bond donors (Lipinski definition) is 0. The first-order chi connectivity index (χ1) is 11.4. The van der Waals surface area contributed by atoms with Crippen molar-refractivity contribution in [2.45, 2.75) is 19.8 Å². The Hall–Kier alpha value is -1.69. The highest BCUT2D eigenvalue weighted by molar-refractivity contribution is 7.14. The van der Waals surface area contributed by atoms with Gasteiger partial charge in [0.05, 0.1) is 21.3 Å². The van der Waals surface area contributed by atoms with Crippen LogP contribution >= 0.6 is 34.5 Å². The summed E-state index contributed by atoms with van der Waals surface area (Å²) in [5, 5.41) is 0.596. The van der Waals surface area contributed by atoms with E-state index in [2.05, 4.69) is 0 Å². The number of benzene rings is 1. The van der Waals surface area contributed by atoms with E-state index in [0.717, 1.165) is 4.88 Å². The largest absolute Gasteiger partial charge is 0.457 e. The summed E-state index contributed by atoms with van der Waals surface area (Å²) < 4.78 is 4.91. The molecule has 2 aromatic rings. The van der Waals surface area contributed by atoms with E-state index in [0.29, 0.717) is 15.5 Å². The summed E-state index contributed by atoms with van der Waals surface area (Å²) in [6.45, 7) is 1.51. The Balaban J connectivity index is 1.79. The average molecular weight is 385 g/mol. The molecule has 1 aromatic heterocycles. The predicted octanol–water partition coefficient (Wildman–Crippen LogP) is 4.75. The van der Waals surface area contributed by atoms with Crippen molar-refractivity contribution in [3.05, 3.63) is 55.7 Å². The topological polar surface area (TPSA) is 60.4 Å². The molecule has 0 atom stereocenters. The van der Waals surface area contributed by atoms with Crippen LogP contribution in [0, 0.1) is 6.92 Å². The second-order valence-electron chi connectivity index (χ2n) is 5.05. The van der Waals surface area contributed by atoms with E-state index < -0.39 is 12.6 Å². The van der Waals surface area contributed by atoms with Crippen LogP contribution in [-0.4, -0.2) is 24.1 Å². The normalized spacial score (nSPS) is 10.5. The highest BCUT2D eigenvalue weighted by atomic mass is 35.5. The van der Waals surface area contributed by atoms with Gasteiger partial charge in [-0.2, -0.15) is 0 Å². The molecular weight excluding hydrogens is 371 g/mol. The summed E-state index contributed by atoms with van der Waals surface area (Å²) in [5.74, 6) is -1.09. The van der Waals surface area contributed by atoms with E-state index in [-0.39, 0.29) is 29.4 Å². The number of hydrogen-bond acceptors (Lipinski definition) is 5. The Morgan fingerprint density at radius 3 is 2.38 bits per heavy atom. The van der Waals surface area contributed by atoms with E-state index in [4.69, 9.17) is 27.9 Å². The monoisotopic (exact) mass is 384 g/mol. The van der Waals surface area contributed by atoms with E-state index in [1.165, 1.54) is 29.5 Å². The molecule has 4 nitrogen and oxygen atoms in total. The van der Waals surface area contributed by atoms with Crippen LogP contribution in [0.3, 0.4) is 0 Å². The van der Waals surface area contributed by atoms with E-state index >= 15 is 0 Å². The number of Topliss-reactive ketones (excluding diaryl/α,β-unsaturated/α-hetero) is 2. The first-order valence-corrected chi connectivity index (χ1v) is 8.67. The highest BCUT2D eigenvalue weighted by Crippen LogP contribution is 2.23. The second kappa shape index (κ2) is 8.42. The van der Waals surface area contributed by atoms with Gasteiger partial charge in [-0.1, -0.05) is 23.2 Å². The van der Waals surface area contributed by atoms with Crippen molar-refractivity contribution in [2.75, 3.05) is 6.61 Å². The number of carbonyl (C=O) groups excluding carboxylic acids is 3. The van der Waals surface area contributed by atoms with Gasteiger partial charge in [-0.05, 0) is 37.3 Å². The molecule has 0 aliphatic rings. The van der Waals surface area contributed by atoms with Crippen LogP contribution in [0.4, 0.5) is 0 Å². The van der Waals surface area contributed by atoms with Crippen LogP contribution in [0.15, 0.2) is 30.3 Å². The van der Waals surface area contributed by atoms with Gasteiger partial charge in [0.15, 0.2) is 18.2 Å². The summed E-state index contributed by atoms with van der Waals surface area (Å²) in [6.07, 6.45) is -0.00974. The zero-order valence-electron chi connectivity index (χ0n) is 12.8. The van der Waals surface area contributed by atoms with Crippen LogP contribution in [0.2, 0.25) is 10.0 Å². The Labute approximate surface area is 153 Å². The van der Waals surface area contributed by atoms with Gasteiger partial charge in [0.25, 0.3) is 0 Å². The third-order valence-corrected chi connectivity index (χ3v) is 4.96. The lowest BCUT2D eigenvalue weighted by molar-refractivity contribution is -0.142. The molecule has 0 unspecified atom stereocenters. The maximum Gasteiger partial charge on any atom is 0.306 e. The minimum absolute atomic E-state index is 0.0553. The molecule has 0 aliphatic heterocycles. The van der Waals surface area contributed by atoms with Gasteiger partial charge in [0.1, 0.15) is 0 Å². The van der Waals surface area contributed by atoms with Crippen LogP contribution in [0.25, 0.3) is 0 Å². The third-order valence-electron chi connectivity index (χ3n) is 3.18. The van der Waals surface area contributed by atoms with Gasteiger partial charge in [0, 0.05) is 16.9 Å². The molecule has 0 amide bonds. The maximum absolute atomic E-state index is 11.9. The van der Waals surface area contributed by atoms with Crippen molar-refractivity contribution in [1.82, 2.24) is 0 Å². The highest BCUT2D eigenvalue weighted by Gasteiger charge is 2.14. The van der Waals surface area contributed by atoms with Crippen molar-refractivity contribution in [3.8, 4) is 0 Å². The predicted molar refractivity (Wildman–Crippen MR) is 94.4 cm³/mol. The SMILES string of the molecule is Cc1ccc(C(=O)CCC(=O)OCC(=O)c2ccc(Cl)c(Cl)c2)s1. The number of esters is 1. The smallest absolute Gasteiger partial charge is 0.306 e. The van der Waals surface area contributed by atoms with Gasteiger partial charge < -0.3 is 4.74 Å². The first-order valence-electron chi connectivity index (χ1n) is 7.10. The number of halogens is 2. The number of ether oxygens (including phenoxy) is 1. The molecule has 126 valence electrons. The molecule has 1 heterocycles. The third kappa shape index (κ3) is 5.16. The van der Waals surface area contributed by atoms with Crippen LogP contribution in [0.5, 0.6) is 0 Å². The van der Waals surface area contributed by atoms with E-state index in [9.17, 15) is 14.4 Å².